The van der Waals surface area contributed by atoms with Crippen molar-refractivity contribution in [2.24, 2.45) is 11.3 Å². The maximum absolute atomic E-state index is 12.8. The van der Waals surface area contributed by atoms with Gasteiger partial charge in [-0.2, -0.15) is 0 Å². The fourth-order valence-corrected chi connectivity index (χ4v) is 5.12. The molecule has 0 aliphatic heterocycles. The second-order valence-corrected chi connectivity index (χ2v) is 9.26. The van der Waals surface area contributed by atoms with Gasteiger partial charge in [0.1, 0.15) is 0 Å². The number of fused-ring (bicyclic) bond motifs is 2. The van der Waals surface area contributed by atoms with Crippen molar-refractivity contribution in [1.82, 2.24) is 15.6 Å². The van der Waals surface area contributed by atoms with Gasteiger partial charge < -0.3 is 15.7 Å². The van der Waals surface area contributed by atoms with Crippen molar-refractivity contribution in [1.29, 1.82) is 0 Å². The van der Waals surface area contributed by atoms with Gasteiger partial charge in [-0.1, -0.05) is 44.7 Å². The number of aliphatic hydroxyl groups excluding tert-OH is 1. The van der Waals surface area contributed by atoms with Gasteiger partial charge in [0.2, 0.25) is 0 Å². The Balaban J connectivity index is 0.00000300. The first-order chi connectivity index (χ1) is 13.5. The van der Waals surface area contributed by atoms with E-state index in [2.05, 4.69) is 15.6 Å². The highest BCUT2D eigenvalue weighted by molar-refractivity contribution is 6.33. The van der Waals surface area contributed by atoms with Gasteiger partial charge in [0.15, 0.2) is 0 Å². The Morgan fingerprint density at radius 2 is 2.10 bits per heavy atom. The van der Waals surface area contributed by atoms with E-state index < -0.39 is 0 Å². The van der Waals surface area contributed by atoms with Crippen LogP contribution < -0.4 is 10.6 Å². The zero-order chi connectivity index (χ0) is 20.0. The molecule has 2 aliphatic rings. The number of pyridine rings is 1. The summed E-state index contributed by atoms with van der Waals surface area (Å²) in [6.45, 7) is 3.92. The quantitative estimate of drug-likeness (QED) is 0.516. The van der Waals surface area contributed by atoms with Crippen LogP contribution in [-0.2, 0) is 6.42 Å². The van der Waals surface area contributed by atoms with Crippen LogP contribution in [0.3, 0.4) is 0 Å². The molecular weight excluding hydrogens is 386 g/mol. The van der Waals surface area contributed by atoms with E-state index in [0.717, 1.165) is 37.5 Å². The normalized spacial score (nSPS) is 24.4. The molecule has 1 aromatic rings. The van der Waals surface area contributed by atoms with E-state index in [1.807, 2.05) is 6.07 Å². The lowest BCUT2D eigenvalue weighted by Gasteiger charge is -2.45. The lowest BCUT2D eigenvalue weighted by Crippen LogP contribution is -2.43. The molecule has 0 spiro atoms. The molecule has 3 rings (SSSR count). The van der Waals surface area contributed by atoms with Gasteiger partial charge in [-0.25, -0.2) is 0 Å². The van der Waals surface area contributed by atoms with E-state index in [1.54, 1.807) is 13.1 Å². The molecule has 29 heavy (non-hydrogen) atoms. The summed E-state index contributed by atoms with van der Waals surface area (Å²) in [5, 5.41) is 16.1. The van der Waals surface area contributed by atoms with Crippen LogP contribution in [0.2, 0.25) is 5.02 Å². The van der Waals surface area contributed by atoms with Gasteiger partial charge in [-0.05, 0) is 63.0 Å². The summed E-state index contributed by atoms with van der Waals surface area (Å²) in [5.74, 6) is 0.779. The van der Waals surface area contributed by atoms with E-state index in [9.17, 15) is 9.90 Å². The number of rotatable bonds is 9. The third-order valence-electron chi connectivity index (χ3n) is 6.37. The molecule has 1 amide bonds. The fraction of sp³-hybridized carbons (Fsp3) is 0.739. The number of hydrogen-bond acceptors (Lipinski definition) is 4. The summed E-state index contributed by atoms with van der Waals surface area (Å²) in [6, 6.07) is 1.83. The second-order valence-electron chi connectivity index (χ2n) is 8.85. The fourth-order valence-electron chi connectivity index (χ4n) is 4.93. The van der Waals surface area contributed by atoms with Gasteiger partial charge in [0.05, 0.1) is 16.7 Å². The number of amides is 1. The Kier molecular flexibility index (Phi) is 9.38. The number of nitrogens with zero attached hydrogens (tertiary/aromatic N) is 1. The molecule has 5 nitrogen and oxygen atoms in total. The molecule has 1 heterocycles. The maximum atomic E-state index is 12.8. The van der Waals surface area contributed by atoms with Crippen molar-refractivity contribution in [3.63, 3.8) is 0 Å². The summed E-state index contributed by atoms with van der Waals surface area (Å²) in [5.41, 5.74) is 1.71. The lowest BCUT2D eigenvalue weighted by molar-refractivity contribution is 0.0681. The van der Waals surface area contributed by atoms with Crippen LogP contribution >= 0.6 is 11.6 Å². The van der Waals surface area contributed by atoms with Crippen molar-refractivity contribution in [3.8, 4) is 0 Å². The highest BCUT2D eigenvalue weighted by Crippen LogP contribution is 2.48. The molecule has 0 saturated heterocycles. The Hall–Kier alpha value is -1.17. The molecule has 3 N–H and O–H groups in total. The van der Waals surface area contributed by atoms with Gasteiger partial charge in [0, 0.05) is 25.0 Å². The summed E-state index contributed by atoms with van der Waals surface area (Å²) < 4.78 is 0. The topological polar surface area (TPSA) is 74.2 Å². The number of aliphatic hydroxyl groups is 1. The molecular formula is C23H38ClN3O2. The van der Waals surface area contributed by atoms with Crippen molar-refractivity contribution in [2.45, 2.75) is 78.2 Å². The number of nitrogens with one attached hydrogen (secondary N) is 2. The SMILES string of the molecule is C.C[C@H](O)CNCCCc1cc(C(=O)NCC23CCCC(CCC2)C3)c(Cl)cn1. The lowest BCUT2D eigenvalue weighted by atomic mass is 9.62. The van der Waals surface area contributed by atoms with Crippen LogP contribution in [0.25, 0.3) is 0 Å². The summed E-state index contributed by atoms with van der Waals surface area (Å²) >= 11 is 6.27. The molecule has 0 radical (unpaired) electrons. The first-order valence-corrected chi connectivity index (χ1v) is 11.2. The Bertz CT molecular complexity index is 656. The average molecular weight is 424 g/mol. The first-order valence-electron chi connectivity index (χ1n) is 10.8. The summed E-state index contributed by atoms with van der Waals surface area (Å²) in [7, 11) is 0. The molecule has 1 atom stereocenters. The van der Waals surface area contributed by atoms with Crippen molar-refractivity contribution in [3.05, 3.63) is 28.5 Å². The largest absolute Gasteiger partial charge is 0.392 e. The van der Waals surface area contributed by atoms with Crippen LogP contribution in [0, 0.1) is 11.3 Å². The zero-order valence-corrected chi connectivity index (χ0v) is 17.7. The molecule has 1 aromatic heterocycles. The van der Waals surface area contributed by atoms with Crippen LogP contribution in [0.5, 0.6) is 0 Å². The van der Waals surface area contributed by atoms with Gasteiger partial charge in [-0.15, -0.1) is 0 Å². The van der Waals surface area contributed by atoms with E-state index in [1.165, 1.54) is 44.9 Å². The summed E-state index contributed by atoms with van der Waals surface area (Å²) in [6.07, 6.45) is 12.0. The second kappa shape index (κ2) is 11.3. The third kappa shape index (κ3) is 6.94. The smallest absolute Gasteiger partial charge is 0.252 e. The monoisotopic (exact) mass is 423 g/mol. The van der Waals surface area contributed by atoms with Crippen molar-refractivity contribution >= 4 is 17.5 Å². The number of halogens is 1. The van der Waals surface area contributed by atoms with Crippen molar-refractivity contribution in [2.75, 3.05) is 19.6 Å². The molecule has 0 unspecified atom stereocenters. The van der Waals surface area contributed by atoms with Gasteiger partial charge in [-0.3, -0.25) is 9.78 Å². The predicted octanol–water partition coefficient (Wildman–Crippen LogP) is 4.36. The zero-order valence-electron chi connectivity index (χ0n) is 17.0. The number of hydrogen-bond donors (Lipinski definition) is 3. The molecule has 2 fully saturated rings. The number of carbonyl (C=O) groups excluding carboxylic acids is 1. The average Bonchev–Trinajstić information content (AvgIpc) is 2.67. The molecule has 2 aliphatic carbocycles. The Morgan fingerprint density at radius 3 is 2.79 bits per heavy atom. The highest BCUT2D eigenvalue weighted by atomic mass is 35.5. The third-order valence-corrected chi connectivity index (χ3v) is 6.67. The van der Waals surface area contributed by atoms with Crippen LogP contribution in [0.4, 0.5) is 0 Å². The molecule has 0 aromatic carbocycles. The summed E-state index contributed by atoms with van der Waals surface area (Å²) in [4.78, 5) is 17.2. The maximum Gasteiger partial charge on any atom is 0.252 e. The minimum atomic E-state index is -0.341. The van der Waals surface area contributed by atoms with Crippen LogP contribution in [-0.4, -0.2) is 41.7 Å². The molecule has 164 valence electrons. The molecule has 2 bridgehead atoms. The van der Waals surface area contributed by atoms with Gasteiger partial charge in [0.25, 0.3) is 5.91 Å². The standard InChI is InChI=1S/C22H34ClN3O2.CH4/c1-16(27)13-24-10-4-7-18-11-19(20(23)14-25-18)21(28)26-15-22-8-2-5-17(12-22)6-3-9-22;/h11,14,16-17,24,27H,2-10,12-13,15H2,1H3,(H,26,28);1H4/t16-,17?,22?;/m0./s1. The molecule has 2 saturated carbocycles. The van der Waals surface area contributed by atoms with E-state index in [-0.39, 0.29) is 19.4 Å². The highest BCUT2D eigenvalue weighted by Gasteiger charge is 2.39. The number of carbonyl (C=O) groups is 1. The molecule has 6 heteroatoms. The first kappa shape index (κ1) is 24.1. The Labute approximate surface area is 181 Å². The minimum absolute atomic E-state index is 0. The van der Waals surface area contributed by atoms with E-state index in [4.69, 9.17) is 11.6 Å². The van der Waals surface area contributed by atoms with Gasteiger partial charge >= 0.3 is 0 Å². The number of aryl methyl sites for hydroxylation is 1. The van der Waals surface area contributed by atoms with Crippen molar-refractivity contribution < 1.29 is 9.90 Å². The van der Waals surface area contributed by atoms with Crippen LogP contribution in [0.15, 0.2) is 12.3 Å². The minimum Gasteiger partial charge on any atom is -0.392 e. The Morgan fingerprint density at radius 1 is 1.38 bits per heavy atom. The van der Waals surface area contributed by atoms with E-state index >= 15 is 0 Å². The predicted molar refractivity (Wildman–Crippen MR) is 119 cm³/mol. The number of aromatic nitrogens is 1. The van der Waals surface area contributed by atoms with Crippen LogP contribution in [0.1, 0.15) is 81.8 Å². The van der Waals surface area contributed by atoms with E-state index in [0.29, 0.717) is 22.5 Å².